The van der Waals surface area contributed by atoms with E-state index in [9.17, 15) is 4.79 Å². The average Bonchev–Trinajstić information content (AvgIpc) is 3.20. The molecule has 118 valence electrons. The number of carbonyl (C=O) groups is 1. The summed E-state index contributed by atoms with van der Waals surface area (Å²) in [5.41, 5.74) is 3.65. The quantitative estimate of drug-likeness (QED) is 0.683. The molecule has 0 saturated heterocycles. The molecule has 4 heterocycles. The van der Waals surface area contributed by atoms with Gasteiger partial charge in [-0.3, -0.25) is 9.58 Å². The molecule has 0 atom stereocenters. The number of fused-ring (bicyclic) bond motifs is 2. The predicted molar refractivity (Wildman–Crippen MR) is 82.9 cm³/mol. The van der Waals surface area contributed by atoms with Crippen molar-refractivity contribution in [1.82, 2.24) is 24.3 Å². The maximum Gasteiger partial charge on any atom is 0.358 e. The van der Waals surface area contributed by atoms with Crippen molar-refractivity contribution < 1.29 is 9.53 Å². The van der Waals surface area contributed by atoms with Crippen LogP contribution in [0.3, 0.4) is 0 Å². The Balaban J connectivity index is 1.55. The Morgan fingerprint density at radius 1 is 1.30 bits per heavy atom. The molecule has 0 amide bonds. The molecular formula is C16H17N5O2. The number of methoxy groups -OCH3 is 1. The maximum absolute atomic E-state index is 11.6. The van der Waals surface area contributed by atoms with Crippen LogP contribution in [0.1, 0.15) is 21.9 Å². The molecule has 0 radical (unpaired) electrons. The number of esters is 1. The van der Waals surface area contributed by atoms with Gasteiger partial charge in [0.2, 0.25) is 0 Å². The molecule has 0 fully saturated rings. The zero-order valence-corrected chi connectivity index (χ0v) is 12.8. The predicted octanol–water partition coefficient (Wildman–Crippen LogP) is 1.33. The number of hydrogen-bond acceptors (Lipinski definition) is 5. The standard InChI is InChI=1S/C16H17N5O2/c1-23-16(22)15-9-14-11-19(7-8-20(14)18-15)10-13-4-2-3-12-5-6-17-21(12)13/h2-6,9H,7-8,10-11H2,1H3. The molecule has 0 aromatic carbocycles. The van der Waals surface area contributed by atoms with Gasteiger partial charge < -0.3 is 4.74 Å². The summed E-state index contributed by atoms with van der Waals surface area (Å²) in [5.74, 6) is -0.389. The van der Waals surface area contributed by atoms with Gasteiger partial charge in [-0.2, -0.15) is 10.2 Å². The van der Waals surface area contributed by atoms with Crippen molar-refractivity contribution in [2.75, 3.05) is 13.7 Å². The van der Waals surface area contributed by atoms with E-state index in [-0.39, 0.29) is 5.97 Å². The first-order valence-corrected chi connectivity index (χ1v) is 7.53. The van der Waals surface area contributed by atoms with Crippen molar-refractivity contribution in [2.45, 2.75) is 19.6 Å². The molecule has 0 N–H and O–H groups in total. The third-order valence-electron chi connectivity index (χ3n) is 4.16. The first-order valence-electron chi connectivity index (χ1n) is 7.53. The number of pyridine rings is 1. The summed E-state index contributed by atoms with van der Waals surface area (Å²) in [6, 6.07) is 10.00. The Bertz CT molecular complexity index is 866. The van der Waals surface area contributed by atoms with Gasteiger partial charge in [0.05, 0.1) is 30.6 Å². The molecule has 0 unspecified atom stereocenters. The van der Waals surface area contributed by atoms with Crippen LogP contribution >= 0.6 is 0 Å². The third-order valence-corrected chi connectivity index (χ3v) is 4.16. The molecule has 0 spiro atoms. The van der Waals surface area contributed by atoms with Crippen LogP contribution in [0.5, 0.6) is 0 Å². The van der Waals surface area contributed by atoms with E-state index >= 15 is 0 Å². The first kappa shape index (κ1) is 14.0. The fourth-order valence-electron chi connectivity index (χ4n) is 3.02. The molecule has 1 aliphatic heterocycles. The van der Waals surface area contributed by atoms with Gasteiger partial charge in [0.1, 0.15) is 0 Å². The lowest BCUT2D eigenvalue weighted by Crippen LogP contribution is -2.33. The molecule has 0 saturated carbocycles. The SMILES string of the molecule is COC(=O)c1cc2n(n1)CCN(Cc1cccc3ccnn13)C2. The van der Waals surface area contributed by atoms with Crippen LogP contribution in [-0.2, 0) is 24.4 Å². The second-order valence-corrected chi connectivity index (χ2v) is 5.63. The van der Waals surface area contributed by atoms with Crippen molar-refractivity contribution >= 4 is 11.5 Å². The summed E-state index contributed by atoms with van der Waals surface area (Å²) < 4.78 is 8.59. The summed E-state index contributed by atoms with van der Waals surface area (Å²) >= 11 is 0. The number of rotatable bonds is 3. The number of aromatic nitrogens is 4. The van der Waals surface area contributed by atoms with Gasteiger partial charge in [0.25, 0.3) is 0 Å². The molecule has 0 bridgehead atoms. The largest absolute Gasteiger partial charge is 0.464 e. The average molecular weight is 311 g/mol. The summed E-state index contributed by atoms with van der Waals surface area (Å²) in [6.45, 7) is 3.20. The normalized spacial score (nSPS) is 14.8. The van der Waals surface area contributed by atoms with Crippen molar-refractivity contribution in [3.05, 3.63) is 53.6 Å². The Morgan fingerprint density at radius 2 is 2.22 bits per heavy atom. The van der Waals surface area contributed by atoms with Crippen LogP contribution in [0.2, 0.25) is 0 Å². The van der Waals surface area contributed by atoms with Crippen LogP contribution in [0.25, 0.3) is 5.52 Å². The minimum absolute atomic E-state index is 0.374. The van der Waals surface area contributed by atoms with E-state index < -0.39 is 0 Å². The molecule has 3 aromatic rings. The zero-order chi connectivity index (χ0) is 15.8. The highest BCUT2D eigenvalue weighted by Gasteiger charge is 2.21. The highest BCUT2D eigenvalue weighted by Crippen LogP contribution is 2.17. The van der Waals surface area contributed by atoms with Crippen LogP contribution in [0.4, 0.5) is 0 Å². The monoisotopic (exact) mass is 311 g/mol. The molecular weight excluding hydrogens is 294 g/mol. The van der Waals surface area contributed by atoms with Gasteiger partial charge in [0.15, 0.2) is 5.69 Å². The number of hydrogen-bond donors (Lipinski definition) is 0. The van der Waals surface area contributed by atoms with E-state index in [1.807, 2.05) is 33.6 Å². The minimum Gasteiger partial charge on any atom is -0.464 e. The van der Waals surface area contributed by atoms with E-state index in [0.717, 1.165) is 43.1 Å². The molecule has 7 nitrogen and oxygen atoms in total. The summed E-state index contributed by atoms with van der Waals surface area (Å²) in [5, 5.41) is 8.68. The van der Waals surface area contributed by atoms with Gasteiger partial charge in [-0.15, -0.1) is 0 Å². The fraction of sp³-hybridized carbons (Fsp3) is 0.312. The van der Waals surface area contributed by atoms with E-state index in [4.69, 9.17) is 4.74 Å². The van der Waals surface area contributed by atoms with Gasteiger partial charge in [0, 0.05) is 25.8 Å². The van der Waals surface area contributed by atoms with Crippen LogP contribution in [0, 0.1) is 0 Å². The number of nitrogens with zero attached hydrogens (tertiary/aromatic N) is 5. The van der Waals surface area contributed by atoms with E-state index in [0.29, 0.717) is 5.69 Å². The minimum atomic E-state index is -0.389. The van der Waals surface area contributed by atoms with Crippen molar-refractivity contribution in [3.8, 4) is 0 Å². The second kappa shape index (κ2) is 5.51. The van der Waals surface area contributed by atoms with Gasteiger partial charge in [-0.05, 0) is 24.3 Å². The van der Waals surface area contributed by atoms with Gasteiger partial charge in [-0.1, -0.05) is 6.07 Å². The van der Waals surface area contributed by atoms with Gasteiger partial charge in [-0.25, -0.2) is 9.31 Å². The first-order chi connectivity index (χ1) is 11.2. The van der Waals surface area contributed by atoms with E-state index in [1.54, 1.807) is 0 Å². The Kier molecular flexibility index (Phi) is 3.34. The molecule has 1 aliphatic rings. The maximum atomic E-state index is 11.6. The highest BCUT2D eigenvalue weighted by molar-refractivity contribution is 5.87. The Morgan fingerprint density at radius 3 is 3.09 bits per heavy atom. The molecule has 23 heavy (non-hydrogen) atoms. The molecule has 7 heteroatoms. The summed E-state index contributed by atoms with van der Waals surface area (Å²) in [6.07, 6.45) is 1.81. The van der Waals surface area contributed by atoms with Crippen molar-refractivity contribution in [2.24, 2.45) is 0 Å². The molecule has 0 aliphatic carbocycles. The zero-order valence-electron chi connectivity index (χ0n) is 12.8. The topological polar surface area (TPSA) is 64.7 Å². The number of ether oxygens (including phenoxy) is 1. The van der Waals surface area contributed by atoms with Crippen molar-refractivity contribution in [1.29, 1.82) is 0 Å². The van der Waals surface area contributed by atoms with E-state index in [2.05, 4.69) is 27.2 Å². The second-order valence-electron chi connectivity index (χ2n) is 5.63. The Labute approximate surface area is 133 Å². The lowest BCUT2D eigenvalue weighted by atomic mass is 10.2. The molecule has 4 rings (SSSR count). The van der Waals surface area contributed by atoms with Gasteiger partial charge >= 0.3 is 5.97 Å². The van der Waals surface area contributed by atoms with E-state index in [1.165, 1.54) is 7.11 Å². The van der Waals surface area contributed by atoms with Crippen LogP contribution < -0.4 is 0 Å². The van der Waals surface area contributed by atoms with Crippen molar-refractivity contribution in [3.63, 3.8) is 0 Å². The third kappa shape index (κ3) is 2.49. The van der Waals surface area contributed by atoms with Crippen LogP contribution in [-0.4, -0.2) is 43.9 Å². The molecule has 3 aromatic heterocycles. The lowest BCUT2D eigenvalue weighted by Gasteiger charge is -2.27. The number of carbonyl (C=O) groups excluding carboxylic acids is 1. The smallest absolute Gasteiger partial charge is 0.358 e. The van der Waals surface area contributed by atoms with Crippen LogP contribution in [0.15, 0.2) is 36.5 Å². The Hall–Kier alpha value is -2.67. The highest BCUT2D eigenvalue weighted by atomic mass is 16.5. The summed E-state index contributed by atoms with van der Waals surface area (Å²) in [7, 11) is 1.37. The fourth-order valence-corrected chi connectivity index (χ4v) is 3.02. The summed E-state index contributed by atoms with van der Waals surface area (Å²) in [4.78, 5) is 13.9. The lowest BCUT2D eigenvalue weighted by molar-refractivity contribution is 0.0593.